The SMILES string of the molecule is O=S(=O)([O-])[O-].O=S(=O)([O-])[O-].O=S(=O)([O-])[O-].[Pm].[Pm]. The molecule has 0 N–H and O–H groups in total. The first-order chi connectivity index (χ1) is 6.00. The maximum absolute atomic E-state index is 8.52. The number of hydrogen-bond donors (Lipinski definition) is 0. The summed E-state index contributed by atoms with van der Waals surface area (Å²) in [4.78, 5) is 0. The van der Waals surface area contributed by atoms with E-state index in [2.05, 4.69) is 0 Å². The Morgan fingerprint density at radius 3 is 0.412 bits per heavy atom. The van der Waals surface area contributed by atoms with Crippen molar-refractivity contribution in [3.8, 4) is 0 Å². The van der Waals surface area contributed by atoms with Crippen LogP contribution in [-0.4, -0.2) is 52.6 Å². The fourth-order valence-corrected chi connectivity index (χ4v) is 0. The van der Waals surface area contributed by atoms with Crippen LogP contribution in [0, 0.1) is 80.8 Å². The van der Waals surface area contributed by atoms with Crippen molar-refractivity contribution in [1.82, 2.24) is 0 Å². The van der Waals surface area contributed by atoms with E-state index >= 15 is 0 Å². The Labute approximate surface area is 161 Å². The van der Waals surface area contributed by atoms with Gasteiger partial charge in [-0.05, 0) is 0 Å². The summed E-state index contributed by atoms with van der Waals surface area (Å²) >= 11 is 0. The van der Waals surface area contributed by atoms with Gasteiger partial charge in [0.2, 0.25) is 0 Å². The van der Waals surface area contributed by atoms with E-state index in [0.717, 1.165) is 0 Å². The van der Waals surface area contributed by atoms with Gasteiger partial charge in [0.25, 0.3) is 0 Å². The van der Waals surface area contributed by atoms with Crippen molar-refractivity contribution in [3.05, 3.63) is 0 Å². The molecule has 0 aromatic carbocycles. The first-order valence-corrected chi connectivity index (χ1v) is 6.00. The molecule has 2 radical (unpaired) electrons. The quantitative estimate of drug-likeness (QED) is 0.197. The monoisotopic (exact) mass is 578 g/mol. The number of hydrogen-bond acceptors (Lipinski definition) is 12. The molecule has 0 aromatic heterocycles. The molecule has 0 aliphatic rings. The molecule has 106 valence electrons. The Hall–Kier alpha value is 2.29. The van der Waals surface area contributed by atoms with Gasteiger partial charge >= 0.3 is 0 Å². The zero-order chi connectivity index (χ0) is 13.5. The van der Waals surface area contributed by atoms with E-state index in [9.17, 15) is 0 Å². The van der Waals surface area contributed by atoms with Gasteiger partial charge in [0.15, 0.2) is 0 Å². The van der Waals surface area contributed by atoms with E-state index < -0.39 is 31.2 Å². The first kappa shape index (κ1) is 31.6. The van der Waals surface area contributed by atoms with Crippen molar-refractivity contribution in [2.24, 2.45) is 0 Å². The fourth-order valence-electron chi connectivity index (χ4n) is 0. The van der Waals surface area contributed by atoms with Crippen LogP contribution >= 0.6 is 0 Å². The molecule has 0 spiro atoms. The second-order valence-electron chi connectivity index (χ2n) is 1.22. The first-order valence-electron chi connectivity index (χ1n) is 2.00. The van der Waals surface area contributed by atoms with Gasteiger partial charge < -0.3 is 27.3 Å². The molecular weight excluding hydrogens is 578 g/mol. The second kappa shape index (κ2) is 13.3. The predicted octanol–water partition coefficient (Wildman–Crippen LogP) is -4.01. The molecule has 17 heteroatoms. The molecule has 0 amide bonds. The van der Waals surface area contributed by atoms with E-state index in [-0.39, 0.29) is 80.8 Å². The van der Waals surface area contributed by atoms with Gasteiger partial charge in [-0.25, -0.2) is 0 Å². The third-order valence-corrected chi connectivity index (χ3v) is 0. The van der Waals surface area contributed by atoms with E-state index in [1.807, 2.05) is 0 Å². The number of rotatable bonds is 0. The van der Waals surface area contributed by atoms with E-state index in [1.54, 1.807) is 0 Å². The molecule has 17 heavy (non-hydrogen) atoms. The molecule has 0 saturated heterocycles. The predicted molar refractivity (Wildman–Crippen MR) is 31.4 cm³/mol. The minimum Gasteiger partial charge on any atom is -0.759 e. The van der Waals surface area contributed by atoms with Crippen LogP contribution in [0.15, 0.2) is 0 Å². The molecule has 0 rings (SSSR count). The summed E-state index contributed by atoms with van der Waals surface area (Å²) in [7, 11) is -15.5. The molecular formula is O12Pm2S3-6. The Morgan fingerprint density at radius 1 is 0.412 bits per heavy atom. The summed E-state index contributed by atoms with van der Waals surface area (Å²) in [5.41, 5.74) is 0. The van der Waals surface area contributed by atoms with Gasteiger partial charge in [0.05, 0.1) is 0 Å². The molecule has 0 fully saturated rings. The Balaban J connectivity index is -0.0000000400. The topological polar surface area (TPSA) is 241 Å². The van der Waals surface area contributed by atoms with Crippen LogP contribution in [0.25, 0.3) is 0 Å². The van der Waals surface area contributed by atoms with Crippen LogP contribution in [-0.2, 0) is 31.2 Å². The third-order valence-electron chi connectivity index (χ3n) is 0. The smallest absolute Gasteiger partial charge is 0.0311 e. The minimum absolute atomic E-state index is 0. The summed E-state index contributed by atoms with van der Waals surface area (Å²) in [6, 6.07) is 0. The molecule has 0 aliphatic carbocycles. The summed E-state index contributed by atoms with van der Waals surface area (Å²) in [5, 5.41) is 0. The Kier molecular flexibility index (Phi) is 24.7. The minimum atomic E-state index is -5.17. The molecule has 12 nitrogen and oxygen atoms in total. The zero-order valence-corrected chi connectivity index (χ0v) is 15.2. The van der Waals surface area contributed by atoms with Gasteiger partial charge in [0, 0.05) is 112 Å². The summed E-state index contributed by atoms with van der Waals surface area (Å²) < 4.78 is 102. The fraction of sp³-hybridized carbons (Fsp3) is 0. The van der Waals surface area contributed by atoms with Crippen LogP contribution in [0.4, 0.5) is 0 Å². The summed E-state index contributed by atoms with van der Waals surface area (Å²) in [6.07, 6.45) is 0. The molecule has 0 bridgehead atoms. The van der Waals surface area contributed by atoms with E-state index in [4.69, 9.17) is 52.6 Å². The zero-order valence-electron chi connectivity index (χ0n) is 7.02. The van der Waals surface area contributed by atoms with Crippen LogP contribution < -0.4 is 0 Å². The van der Waals surface area contributed by atoms with Crippen LogP contribution in [0.2, 0.25) is 0 Å². The van der Waals surface area contributed by atoms with Crippen molar-refractivity contribution < 1.29 is 133 Å². The van der Waals surface area contributed by atoms with Crippen LogP contribution in [0.5, 0.6) is 0 Å². The summed E-state index contributed by atoms with van der Waals surface area (Å²) in [6.45, 7) is 0. The largest absolute Gasteiger partial charge is 0.759 e. The van der Waals surface area contributed by atoms with Crippen LogP contribution in [0.3, 0.4) is 0 Å². The molecule has 0 atom stereocenters. The van der Waals surface area contributed by atoms with Gasteiger partial charge in [-0.15, -0.1) is 0 Å². The van der Waals surface area contributed by atoms with Crippen LogP contribution in [0.1, 0.15) is 0 Å². The van der Waals surface area contributed by atoms with Gasteiger partial charge in [0.1, 0.15) is 0 Å². The molecule has 0 heterocycles. The molecule has 0 saturated carbocycles. The average Bonchev–Trinajstić information content (AvgIpc) is 1.41. The van der Waals surface area contributed by atoms with Crippen molar-refractivity contribution >= 4 is 31.2 Å². The molecule has 0 aliphatic heterocycles. The van der Waals surface area contributed by atoms with Gasteiger partial charge in [-0.2, -0.15) is 0 Å². The maximum Gasteiger partial charge on any atom is 0.0311 e. The maximum atomic E-state index is 8.52. The van der Waals surface area contributed by atoms with E-state index in [1.165, 1.54) is 0 Å². The van der Waals surface area contributed by atoms with E-state index in [0.29, 0.717) is 0 Å². The van der Waals surface area contributed by atoms with Crippen molar-refractivity contribution in [2.75, 3.05) is 0 Å². The molecule has 0 unspecified atom stereocenters. The third kappa shape index (κ3) is 929. The van der Waals surface area contributed by atoms with Gasteiger partial charge in [-0.1, -0.05) is 0 Å². The van der Waals surface area contributed by atoms with Crippen molar-refractivity contribution in [1.29, 1.82) is 0 Å². The average molecular weight is 578 g/mol. The standard InChI is InChI=1S/3H2O4S.2Pm/c3*1-5(2,3)4;;/h3*(H2,1,2,3,4);;/p-6. The normalized spacial score (nSPS) is 10.2. The Morgan fingerprint density at radius 2 is 0.412 bits per heavy atom. The summed E-state index contributed by atoms with van der Waals surface area (Å²) in [5.74, 6) is 0. The molecule has 0 aromatic rings. The van der Waals surface area contributed by atoms with Crippen molar-refractivity contribution in [3.63, 3.8) is 0 Å². The van der Waals surface area contributed by atoms with Crippen molar-refractivity contribution in [2.45, 2.75) is 0 Å². The van der Waals surface area contributed by atoms with Gasteiger partial charge in [-0.3, -0.25) is 25.3 Å². The Bertz CT molecular complexity index is 341. The second-order valence-corrected chi connectivity index (χ2v) is 3.67.